The Hall–Kier alpha value is -2.89. The Morgan fingerprint density at radius 2 is 1.71 bits per heavy atom. The third kappa shape index (κ3) is 2.71. The van der Waals surface area contributed by atoms with E-state index in [1.54, 1.807) is 25.3 Å². The van der Waals surface area contributed by atoms with Crippen LogP contribution in [0, 0.1) is 0 Å². The number of benzene rings is 2. The average Bonchev–Trinajstić information content (AvgIpc) is 2.60. The first-order chi connectivity index (χ1) is 11.6. The number of fused-ring (bicyclic) bond motifs is 1. The highest BCUT2D eigenvalue weighted by Crippen LogP contribution is 2.41. The maximum Gasteiger partial charge on any atom is 0.182 e. The molecule has 3 rings (SSSR count). The van der Waals surface area contributed by atoms with Gasteiger partial charge in [0, 0.05) is 29.7 Å². The summed E-state index contributed by atoms with van der Waals surface area (Å²) < 4.78 is 21.5. The van der Waals surface area contributed by atoms with Crippen LogP contribution in [-0.2, 0) is 11.2 Å². The van der Waals surface area contributed by atoms with E-state index in [0.717, 1.165) is 0 Å². The van der Waals surface area contributed by atoms with E-state index in [-0.39, 0.29) is 18.0 Å². The van der Waals surface area contributed by atoms with Crippen LogP contribution in [0.2, 0.25) is 0 Å². The van der Waals surface area contributed by atoms with Crippen molar-refractivity contribution in [1.29, 1.82) is 0 Å². The molecule has 1 aliphatic rings. The van der Waals surface area contributed by atoms with E-state index in [4.69, 9.17) is 18.9 Å². The zero-order valence-corrected chi connectivity index (χ0v) is 13.7. The lowest BCUT2D eigenvalue weighted by atomic mass is 9.95. The van der Waals surface area contributed by atoms with Gasteiger partial charge in [-0.25, -0.2) is 0 Å². The standard InChI is InChI=1S/C18H18O6/c1-21-14-5-4-10(6-17(14)23-3)18-13(20)9-12-15(22-2)7-11(19)8-16(12)24-18/h4-8,18-19H,9H2,1-3H3. The third-order valence-corrected chi connectivity index (χ3v) is 3.97. The molecular weight excluding hydrogens is 312 g/mol. The zero-order valence-electron chi connectivity index (χ0n) is 13.7. The number of rotatable bonds is 4. The smallest absolute Gasteiger partial charge is 0.182 e. The number of hydrogen-bond acceptors (Lipinski definition) is 6. The molecule has 1 atom stereocenters. The summed E-state index contributed by atoms with van der Waals surface area (Å²) in [7, 11) is 4.56. The highest BCUT2D eigenvalue weighted by molar-refractivity contribution is 5.89. The number of ether oxygens (including phenoxy) is 4. The molecule has 6 nitrogen and oxygen atoms in total. The Bertz CT molecular complexity index is 783. The number of carbonyl (C=O) groups excluding carboxylic acids is 1. The Morgan fingerprint density at radius 3 is 2.38 bits per heavy atom. The minimum absolute atomic E-state index is 0.0195. The lowest BCUT2D eigenvalue weighted by Crippen LogP contribution is -2.26. The predicted octanol–water partition coefficient (Wildman–Crippen LogP) is 2.66. The number of Topliss-reactive ketones (excluding diaryl/α,β-unsaturated/α-hetero) is 1. The molecule has 2 aromatic carbocycles. The van der Waals surface area contributed by atoms with Gasteiger partial charge in [-0.05, 0) is 12.1 Å². The van der Waals surface area contributed by atoms with Gasteiger partial charge in [0.05, 0.1) is 21.3 Å². The normalized spacial score (nSPS) is 16.1. The second-order valence-electron chi connectivity index (χ2n) is 5.38. The van der Waals surface area contributed by atoms with Crippen LogP contribution in [0.3, 0.4) is 0 Å². The Kier molecular flexibility index (Phi) is 4.20. The van der Waals surface area contributed by atoms with Gasteiger partial charge in [0.15, 0.2) is 23.4 Å². The third-order valence-electron chi connectivity index (χ3n) is 3.97. The number of ketones is 1. The molecule has 1 unspecified atom stereocenters. The van der Waals surface area contributed by atoms with E-state index in [0.29, 0.717) is 34.1 Å². The first-order valence-corrected chi connectivity index (χ1v) is 7.38. The second-order valence-corrected chi connectivity index (χ2v) is 5.38. The maximum absolute atomic E-state index is 12.5. The van der Waals surface area contributed by atoms with Crippen molar-refractivity contribution in [2.75, 3.05) is 21.3 Å². The maximum atomic E-state index is 12.5. The van der Waals surface area contributed by atoms with Gasteiger partial charge in [0.1, 0.15) is 17.2 Å². The number of phenolic OH excluding ortho intramolecular Hbond substituents is 1. The molecule has 6 heteroatoms. The van der Waals surface area contributed by atoms with Gasteiger partial charge in [-0.3, -0.25) is 4.79 Å². The quantitative estimate of drug-likeness (QED) is 0.929. The minimum Gasteiger partial charge on any atom is -0.508 e. The average molecular weight is 330 g/mol. The molecular formula is C18H18O6. The summed E-state index contributed by atoms with van der Waals surface area (Å²) >= 11 is 0. The van der Waals surface area contributed by atoms with E-state index in [2.05, 4.69) is 0 Å². The SMILES string of the molecule is COc1ccc(C2Oc3cc(O)cc(OC)c3CC2=O)cc1OC. The van der Waals surface area contributed by atoms with E-state index >= 15 is 0 Å². The van der Waals surface area contributed by atoms with E-state index in [1.165, 1.54) is 26.4 Å². The van der Waals surface area contributed by atoms with Crippen molar-refractivity contribution in [2.24, 2.45) is 0 Å². The van der Waals surface area contributed by atoms with Crippen molar-refractivity contribution in [3.05, 3.63) is 41.5 Å². The summed E-state index contributed by atoms with van der Waals surface area (Å²) in [5, 5.41) is 9.79. The topological polar surface area (TPSA) is 74.2 Å². The number of methoxy groups -OCH3 is 3. The fraction of sp³-hybridized carbons (Fsp3) is 0.278. The molecule has 0 spiro atoms. The molecule has 0 amide bonds. The molecule has 1 heterocycles. The highest BCUT2D eigenvalue weighted by Gasteiger charge is 2.32. The number of aromatic hydroxyl groups is 1. The summed E-state index contributed by atoms with van der Waals surface area (Å²) in [6, 6.07) is 8.15. The summed E-state index contributed by atoms with van der Waals surface area (Å²) in [5.41, 5.74) is 1.29. The van der Waals surface area contributed by atoms with Gasteiger partial charge in [-0.15, -0.1) is 0 Å². The summed E-state index contributed by atoms with van der Waals surface area (Å²) in [6.07, 6.45) is -0.610. The molecule has 0 aliphatic carbocycles. The monoisotopic (exact) mass is 330 g/mol. The van der Waals surface area contributed by atoms with Crippen LogP contribution in [0.4, 0.5) is 0 Å². The molecule has 0 saturated carbocycles. The highest BCUT2D eigenvalue weighted by atomic mass is 16.5. The summed E-state index contributed by atoms with van der Waals surface area (Å²) in [6.45, 7) is 0. The van der Waals surface area contributed by atoms with Crippen LogP contribution in [0.15, 0.2) is 30.3 Å². The van der Waals surface area contributed by atoms with Crippen molar-refractivity contribution in [3.8, 4) is 28.7 Å². The molecule has 1 aliphatic heterocycles. The van der Waals surface area contributed by atoms with Gasteiger partial charge < -0.3 is 24.1 Å². The summed E-state index contributed by atoms with van der Waals surface area (Å²) in [4.78, 5) is 12.5. The van der Waals surface area contributed by atoms with Crippen molar-refractivity contribution in [2.45, 2.75) is 12.5 Å². The Balaban J connectivity index is 2.00. The van der Waals surface area contributed by atoms with E-state index < -0.39 is 6.10 Å². The van der Waals surface area contributed by atoms with Crippen LogP contribution in [0.25, 0.3) is 0 Å². The Labute approximate surface area is 139 Å². The molecule has 1 N–H and O–H groups in total. The molecule has 2 aromatic rings. The van der Waals surface area contributed by atoms with Gasteiger partial charge in [0.2, 0.25) is 0 Å². The molecule has 24 heavy (non-hydrogen) atoms. The lowest BCUT2D eigenvalue weighted by molar-refractivity contribution is -0.126. The van der Waals surface area contributed by atoms with Crippen LogP contribution < -0.4 is 18.9 Å². The molecule has 0 aromatic heterocycles. The fourth-order valence-electron chi connectivity index (χ4n) is 2.80. The minimum atomic E-state index is -0.774. The molecule has 0 bridgehead atoms. The molecule has 0 saturated heterocycles. The van der Waals surface area contributed by atoms with Gasteiger partial charge in [-0.1, -0.05) is 6.07 Å². The van der Waals surface area contributed by atoms with Crippen molar-refractivity contribution >= 4 is 5.78 Å². The number of carbonyl (C=O) groups is 1. The van der Waals surface area contributed by atoms with Gasteiger partial charge in [0.25, 0.3) is 0 Å². The Morgan fingerprint density at radius 1 is 1.00 bits per heavy atom. The molecule has 126 valence electrons. The number of hydrogen-bond donors (Lipinski definition) is 1. The van der Waals surface area contributed by atoms with Crippen molar-refractivity contribution in [3.63, 3.8) is 0 Å². The molecule has 0 radical (unpaired) electrons. The first-order valence-electron chi connectivity index (χ1n) is 7.38. The largest absolute Gasteiger partial charge is 0.508 e. The summed E-state index contributed by atoms with van der Waals surface area (Å²) in [5.74, 6) is 1.88. The fourth-order valence-corrected chi connectivity index (χ4v) is 2.80. The first kappa shape index (κ1) is 16.0. The van der Waals surface area contributed by atoms with Crippen molar-refractivity contribution in [1.82, 2.24) is 0 Å². The molecule has 0 fully saturated rings. The van der Waals surface area contributed by atoms with Crippen LogP contribution in [0.1, 0.15) is 17.2 Å². The van der Waals surface area contributed by atoms with Crippen molar-refractivity contribution < 1.29 is 28.8 Å². The van der Waals surface area contributed by atoms with E-state index in [9.17, 15) is 9.90 Å². The number of phenols is 1. The second kappa shape index (κ2) is 6.31. The zero-order chi connectivity index (χ0) is 17.3. The predicted molar refractivity (Wildman–Crippen MR) is 86.3 cm³/mol. The van der Waals surface area contributed by atoms with Crippen LogP contribution in [-0.4, -0.2) is 32.2 Å². The van der Waals surface area contributed by atoms with Gasteiger partial charge in [-0.2, -0.15) is 0 Å². The van der Waals surface area contributed by atoms with Crippen LogP contribution >= 0.6 is 0 Å². The van der Waals surface area contributed by atoms with Gasteiger partial charge >= 0.3 is 0 Å². The van der Waals surface area contributed by atoms with E-state index in [1.807, 2.05) is 0 Å². The lowest BCUT2D eigenvalue weighted by Gasteiger charge is -2.27. The van der Waals surface area contributed by atoms with Crippen LogP contribution in [0.5, 0.6) is 28.7 Å².